The quantitative estimate of drug-likeness (QED) is 0.483. The maximum Gasteiger partial charge on any atom is 0.235 e. The average molecular weight is 410 g/mol. The zero-order valence-corrected chi connectivity index (χ0v) is 18.3. The number of aryl methyl sites for hydroxylation is 1. The molecule has 1 aliphatic rings. The van der Waals surface area contributed by atoms with Gasteiger partial charge in [-0.2, -0.15) is 0 Å². The molecule has 0 aliphatic carbocycles. The van der Waals surface area contributed by atoms with E-state index in [0.717, 1.165) is 25.2 Å². The predicted molar refractivity (Wildman–Crippen MR) is 124 cm³/mol. The summed E-state index contributed by atoms with van der Waals surface area (Å²) >= 11 is 0. The third-order valence-electron chi connectivity index (χ3n) is 6.40. The molecule has 0 unspecified atom stereocenters. The highest BCUT2D eigenvalue weighted by Gasteiger charge is 2.24. The number of fused-ring (bicyclic) bond motifs is 1. The molecular formula is C26H27N5. The molecule has 0 saturated carbocycles. The van der Waals surface area contributed by atoms with Crippen LogP contribution in [0.25, 0.3) is 5.95 Å². The van der Waals surface area contributed by atoms with E-state index in [-0.39, 0.29) is 5.41 Å². The Balaban J connectivity index is 1.37. The van der Waals surface area contributed by atoms with Gasteiger partial charge >= 0.3 is 0 Å². The summed E-state index contributed by atoms with van der Waals surface area (Å²) in [6, 6.07) is 17.9. The van der Waals surface area contributed by atoms with E-state index in [0.29, 0.717) is 5.95 Å². The Morgan fingerprint density at radius 2 is 1.65 bits per heavy atom. The molecular weight excluding hydrogens is 382 g/mol. The lowest BCUT2D eigenvalue weighted by atomic mass is 9.78. The largest absolute Gasteiger partial charge is 0.365 e. The highest BCUT2D eigenvalue weighted by atomic mass is 15.2. The van der Waals surface area contributed by atoms with Gasteiger partial charge in [-0.1, -0.05) is 55.8 Å². The minimum atomic E-state index is -0.0341. The molecule has 1 aliphatic heterocycles. The summed E-state index contributed by atoms with van der Waals surface area (Å²) in [7, 11) is 0. The average Bonchev–Trinajstić information content (AvgIpc) is 3.34. The van der Waals surface area contributed by atoms with Crippen LogP contribution in [0.1, 0.15) is 41.8 Å². The van der Waals surface area contributed by atoms with Crippen molar-refractivity contribution in [2.75, 3.05) is 11.4 Å². The molecule has 3 heterocycles. The van der Waals surface area contributed by atoms with Crippen molar-refractivity contribution in [3.05, 3.63) is 101 Å². The fourth-order valence-electron chi connectivity index (χ4n) is 4.24. The van der Waals surface area contributed by atoms with Gasteiger partial charge in [0.15, 0.2) is 0 Å². The first kappa shape index (κ1) is 19.5. The van der Waals surface area contributed by atoms with Crippen LogP contribution in [-0.4, -0.2) is 26.1 Å². The van der Waals surface area contributed by atoms with Crippen LogP contribution in [0.15, 0.2) is 73.4 Å². The van der Waals surface area contributed by atoms with Crippen molar-refractivity contribution < 1.29 is 0 Å². The Kier molecular flexibility index (Phi) is 4.81. The normalized spacial score (nSPS) is 13.8. The van der Waals surface area contributed by atoms with E-state index >= 15 is 0 Å². The molecule has 0 amide bonds. The molecule has 0 saturated heterocycles. The fourth-order valence-corrected chi connectivity index (χ4v) is 4.24. The Morgan fingerprint density at radius 1 is 0.935 bits per heavy atom. The maximum absolute atomic E-state index is 4.81. The Bertz CT molecular complexity index is 1180. The topological polar surface area (TPSA) is 46.8 Å². The lowest BCUT2D eigenvalue weighted by Crippen LogP contribution is -2.31. The van der Waals surface area contributed by atoms with Gasteiger partial charge in [0.25, 0.3) is 0 Å². The molecule has 5 nitrogen and oxygen atoms in total. The van der Waals surface area contributed by atoms with Gasteiger partial charge in [0.1, 0.15) is 6.33 Å². The van der Waals surface area contributed by atoms with Gasteiger partial charge in [-0.25, -0.2) is 15.0 Å². The molecule has 2 aromatic heterocycles. The fraction of sp³-hybridized carbons (Fsp3) is 0.269. The highest BCUT2D eigenvalue weighted by Crippen LogP contribution is 2.33. The lowest BCUT2D eigenvalue weighted by molar-refractivity contribution is 0.639. The van der Waals surface area contributed by atoms with Crippen molar-refractivity contribution >= 4 is 5.69 Å². The third kappa shape index (κ3) is 3.72. The van der Waals surface area contributed by atoms with Crippen LogP contribution in [0.4, 0.5) is 5.69 Å². The van der Waals surface area contributed by atoms with Crippen molar-refractivity contribution in [1.29, 1.82) is 0 Å². The number of nitrogens with zero attached hydrogens (tertiary/aromatic N) is 5. The second-order valence-corrected chi connectivity index (χ2v) is 8.82. The van der Waals surface area contributed by atoms with Gasteiger partial charge in [-0.15, -0.1) is 0 Å². The predicted octanol–water partition coefficient (Wildman–Crippen LogP) is 4.86. The number of aromatic nitrogens is 4. The summed E-state index contributed by atoms with van der Waals surface area (Å²) in [6.45, 7) is 8.48. The number of hydrogen-bond acceptors (Lipinski definition) is 4. The summed E-state index contributed by atoms with van der Waals surface area (Å²) in [6.07, 6.45) is 8.26. The maximum atomic E-state index is 4.81. The second kappa shape index (κ2) is 7.65. The molecule has 0 atom stereocenters. The Labute approximate surface area is 183 Å². The monoisotopic (exact) mass is 409 g/mol. The molecule has 4 aromatic rings. The van der Waals surface area contributed by atoms with Crippen LogP contribution in [0.2, 0.25) is 0 Å². The Hall–Kier alpha value is -3.47. The minimum absolute atomic E-state index is 0.0341. The summed E-state index contributed by atoms with van der Waals surface area (Å²) in [5.41, 5.74) is 7.47. The molecule has 0 spiro atoms. The van der Waals surface area contributed by atoms with Crippen LogP contribution in [0.3, 0.4) is 0 Å². The van der Waals surface area contributed by atoms with Gasteiger partial charge in [0.2, 0.25) is 5.95 Å². The van der Waals surface area contributed by atoms with E-state index in [4.69, 9.17) is 4.98 Å². The SMILES string of the molecule is Cc1ccc(C(C)(C)c2ccc(N3CCc4cnc(-n5ccnc5)nc4C3)cc2)cc1. The van der Waals surface area contributed by atoms with E-state index in [1.807, 2.05) is 17.0 Å². The zero-order valence-electron chi connectivity index (χ0n) is 18.3. The van der Waals surface area contributed by atoms with E-state index in [1.165, 1.54) is 27.9 Å². The first-order valence-electron chi connectivity index (χ1n) is 10.8. The van der Waals surface area contributed by atoms with Gasteiger partial charge in [0.05, 0.1) is 12.2 Å². The number of rotatable bonds is 4. The van der Waals surface area contributed by atoms with E-state index < -0.39 is 0 Å². The van der Waals surface area contributed by atoms with Crippen LogP contribution < -0.4 is 4.90 Å². The van der Waals surface area contributed by atoms with Crippen LogP contribution >= 0.6 is 0 Å². The lowest BCUT2D eigenvalue weighted by Gasteiger charge is -2.31. The van der Waals surface area contributed by atoms with Crippen LogP contribution in [0.5, 0.6) is 0 Å². The summed E-state index contributed by atoms with van der Waals surface area (Å²) in [5.74, 6) is 0.674. The first-order chi connectivity index (χ1) is 15.0. The number of hydrogen-bond donors (Lipinski definition) is 0. The summed E-state index contributed by atoms with van der Waals surface area (Å²) in [4.78, 5) is 15.8. The van der Waals surface area contributed by atoms with E-state index in [1.54, 1.807) is 12.5 Å². The standard InChI is InChI=1S/C26H27N5/c1-19-4-6-21(7-5-19)26(2,3)22-8-10-23(11-9-22)30-14-12-20-16-28-25(29-24(20)17-30)31-15-13-27-18-31/h4-11,13,15-16,18H,12,14,17H2,1-3H3. The van der Waals surface area contributed by atoms with Gasteiger partial charge in [-0.3, -0.25) is 4.57 Å². The minimum Gasteiger partial charge on any atom is -0.365 e. The van der Waals surface area contributed by atoms with Gasteiger partial charge in [0, 0.05) is 36.2 Å². The molecule has 0 N–H and O–H groups in total. The highest BCUT2D eigenvalue weighted by molar-refractivity contribution is 5.52. The van der Waals surface area contributed by atoms with Crippen molar-refractivity contribution in [3.63, 3.8) is 0 Å². The smallest absolute Gasteiger partial charge is 0.235 e. The molecule has 5 rings (SSSR count). The van der Waals surface area contributed by atoms with Crippen molar-refractivity contribution in [1.82, 2.24) is 19.5 Å². The number of anilines is 1. The van der Waals surface area contributed by atoms with Crippen molar-refractivity contribution in [2.45, 2.75) is 39.2 Å². The Morgan fingerprint density at radius 3 is 2.32 bits per heavy atom. The van der Waals surface area contributed by atoms with Crippen molar-refractivity contribution in [3.8, 4) is 5.95 Å². The summed E-state index contributed by atoms with van der Waals surface area (Å²) in [5, 5.41) is 0. The number of imidazole rings is 1. The van der Waals surface area contributed by atoms with Crippen LogP contribution in [0, 0.1) is 6.92 Å². The molecule has 2 aromatic carbocycles. The molecule has 156 valence electrons. The van der Waals surface area contributed by atoms with Gasteiger partial charge < -0.3 is 4.90 Å². The molecule has 0 bridgehead atoms. The van der Waals surface area contributed by atoms with E-state index in [9.17, 15) is 0 Å². The van der Waals surface area contributed by atoms with E-state index in [2.05, 4.69) is 84.2 Å². The molecule has 0 fully saturated rings. The molecule has 31 heavy (non-hydrogen) atoms. The third-order valence-corrected chi connectivity index (χ3v) is 6.40. The van der Waals surface area contributed by atoms with Gasteiger partial charge in [-0.05, 0) is 42.2 Å². The van der Waals surface area contributed by atoms with Crippen LogP contribution in [-0.2, 0) is 18.4 Å². The molecule has 5 heteroatoms. The molecule has 0 radical (unpaired) electrons. The zero-order chi connectivity index (χ0) is 21.4. The van der Waals surface area contributed by atoms with Crippen molar-refractivity contribution in [2.24, 2.45) is 0 Å². The second-order valence-electron chi connectivity index (χ2n) is 8.82. The number of benzene rings is 2. The first-order valence-corrected chi connectivity index (χ1v) is 10.8. The summed E-state index contributed by atoms with van der Waals surface area (Å²) < 4.78 is 1.85.